The number of carbonyl (C=O) groups is 2. The summed E-state index contributed by atoms with van der Waals surface area (Å²) in [4.78, 5) is 34.3. The van der Waals surface area contributed by atoms with Crippen LogP contribution in [0.1, 0.15) is 31.0 Å². The van der Waals surface area contributed by atoms with E-state index in [4.69, 9.17) is 9.47 Å². The van der Waals surface area contributed by atoms with Gasteiger partial charge in [-0.3, -0.25) is 14.0 Å². The number of halogens is 3. The minimum absolute atomic E-state index is 0.000718. The lowest BCUT2D eigenvalue weighted by Gasteiger charge is -2.19. The maximum atomic E-state index is 13.4. The van der Waals surface area contributed by atoms with Crippen LogP contribution in [0.3, 0.4) is 0 Å². The van der Waals surface area contributed by atoms with E-state index in [0.29, 0.717) is 36.0 Å². The van der Waals surface area contributed by atoms with Gasteiger partial charge in [0, 0.05) is 32.3 Å². The molecule has 0 spiro atoms. The van der Waals surface area contributed by atoms with E-state index < -0.39 is 29.6 Å². The molecule has 9 nitrogen and oxygen atoms in total. The summed E-state index contributed by atoms with van der Waals surface area (Å²) in [6, 6.07) is 7.70. The van der Waals surface area contributed by atoms with Crippen LogP contribution in [-0.2, 0) is 26.1 Å². The van der Waals surface area contributed by atoms with Gasteiger partial charge < -0.3 is 14.4 Å². The number of fused-ring (bicyclic) bond motifs is 1. The van der Waals surface area contributed by atoms with Crippen molar-refractivity contribution >= 4 is 33.8 Å². The van der Waals surface area contributed by atoms with Crippen molar-refractivity contribution in [2.24, 2.45) is 0 Å². The lowest BCUT2D eigenvalue weighted by molar-refractivity contribution is -0.153. The molecule has 0 N–H and O–H groups in total. The third-order valence-corrected chi connectivity index (χ3v) is 6.58. The number of rotatable bonds is 10. The van der Waals surface area contributed by atoms with Crippen LogP contribution in [0.15, 0.2) is 41.7 Å². The van der Waals surface area contributed by atoms with Crippen LogP contribution in [-0.4, -0.2) is 68.6 Å². The highest BCUT2D eigenvalue weighted by Crippen LogP contribution is 2.26. The SMILES string of the molecule is CC(=O)OCCCCN(C)C(=O)n1c([S@@](=O)Cc2nccc(OCC(F)(F)F)c2C)nc2ccccc21. The number of esters is 1. The van der Waals surface area contributed by atoms with Gasteiger partial charge in [-0.2, -0.15) is 13.2 Å². The molecular weight excluding hydrogens is 513 g/mol. The van der Waals surface area contributed by atoms with Crippen molar-refractivity contribution in [1.82, 2.24) is 19.4 Å². The molecule has 0 fully saturated rings. The number of hydrogen-bond donors (Lipinski definition) is 0. The highest BCUT2D eigenvalue weighted by molar-refractivity contribution is 7.84. The molecule has 2 aromatic heterocycles. The molecule has 3 rings (SSSR count). The summed E-state index contributed by atoms with van der Waals surface area (Å²) >= 11 is 0. The molecule has 0 aliphatic heterocycles. The van der Waals surface area contributed by atoms with E-state index in [1.807, 2.05) is 0 Å². The molecule has 1 aromatic carbocycles. The smallest absolute Gasteiger partial charge is 0.422 e. The van der Waals surface area contributed by atoms with Gasteiger partial charge in [0.15, 0.2) is 6.61 Å². The first-order chi connectivity index (χ1) is 17.5. The number of ether oxygens (including phenoxy) is 2. The second kappa shape index (κ2) is 12.2. The zero-order valence-corrected chi connectivity index (χ0v) is 21.4. The van der Waals surface area contributed by atoms with E-state index in [9.17, 15) is 27.0 Å². The maximum absolute atomic E-state index is 13.4. The quantitative estimate of drug-likeness (QED) is 0.280. The lowest BCUT2D eigenvalue weighted by Crippen LogP contribution is -2.33. The molecule has 0 radical (unpaired) electrons. The average Bonchev–Trinajstić information content (AvgIpc) is 3.22. The Morgan fingerprint density at radius 2 is 1.89 bits per heavy atom. The van der Waals surface area contributed by atoms with Crippen molar-refractivity contribution in [3.63, 3.8) is 0 Å². The van der Waals surface area contributed by atoms with Crippen molar-refractivity contribution in [2.75, 3.05) is 26.8 Å². The van der Waals surface area contributed by atoms with Crippen molar-refractivity contribution in [1.29, 1.82) is 0 Å². The molecule has 0 saturated heterocycles. The number of amides is 1. The van der Waals surface area contributed by atoms with E-state index in [2.05, 4.69) is 9.97 Å². The van der Waals surface area contributed by atoms with Gasteiger partial charge in [0.05, 0.1) is 39.9 Å². The summed E-state index contributed by atoms with van der Waals surface area (Å²) in [7, 11) is -0.263. The third kappa shape index (κ3) is 7.51. The molecular formula is C24H27F3N4O5S. The van der Waals surface area contributed by atoms with Gasteiger partial charge >= 0.3 is 18.2 Å². The molecule has 1 atom stereocenters. The molecule has 37 heavy (non-hydrogen) atoms. The minimum Gasteiger partial charge on any atom is -0.484 e. The van der Waals surface area contributed by atoms with Crippen LogP contribution in [0.2, 0.25) is 0 Å². The minimum atomic E-state index is -4.50. The third-order valence-electron chi connectivity index (χ3n) is 5.36. The summed E-state index contributed by atoms with van der Waals surface area (Å²) in [6.07, 6.45) is -2.08. The molecule has 1 amide bonds. The topological polar surface area (TPSA) is 104 Å². The van der Waals surface area contributed by atoms with Crippen molar-refractivity contribution in [3.05, 3.63) is 47.8 Å². The van der Waals surface area contributed by atoms with Crippen LogP contribution in [0.4, 0.5) is 18.0 Å². The Kier molecular flexibility index (Phi) is 9.24. The van der Waals surface area contributed by atoms with E-state index in [1.54, 1.807) is 31.3 Å². The summed E-state index contributed by atoms with van der Waals surface area (Å²) in [5.74, 6) is -0.571. The average molecular weight is 541 g/mol. The summed E-state index contributed by atoms with van der Waals surface area (Å²) < 4.78 is 62.2. The highest BCUT2D eigenvalue weighted by Gasteiger charge is 2.29. The number of para-hydroxylation sites is 2. The zero-order valence-electron chi connectivity index (χ0n) is 20.6. The zero-order chi connectivity index (χ0) is 27.2. The lowest BCUT2D eigenvalue weighted by atomic mass is 10.2. The fourth-order valence-corrected chi connectivity index (χ4v) is 4.73. The Morgan fingerprint density at radius 1 is 1.16 bits per heavy atom. The second-order valence-corrected chi connectivity index (χ2v) is 9.59. The first kappa shape index (κ1) is 28.1. The molecule has 200 valence electrons. The van der Waals surface area contributed by atoms with E-state index in [0.717, 1.165) is 0 Å². The molecule has 3 aromatic rings. The van der Waals surface area contributed by atoms with Gasteiger partial charge in [-0.05, 0) is 38.0 Å². The Balaban J connectivity index is 1.82. The molecule has 13 heteroatoms. The Hall–Kier alpha value is -3.48. The number of hydrogen-bond acceptors (Lipinski definition) is 7. The van der Waals surface area contributed by atoms with Gasteiger partial charge in [0.25, 0.3) is 0 Å². The van der Waals surface area contributed by atoms with Crippen molar-refractivity contribution in [3.8, 4) is 5.75 Å². The fraction of sp³-hybridized carbons (Fsp3) is 0.417. The van der Waals surface area contributed by atoms with E-state index in [1.165, 1.54) is 35.6 Å². The van der Waals surface area contributed by atoms with E-state index in [-0.39, 0.29) is 34.9 Å². The Bertz CT molecular complexity index is 1300. The standard InChI is InChI=1S/C24H27F3N4O5S/c1-16-19(28-11-10-21(16)36-15-24(25,26)27)14-37(34)22-29-18-8-4-5-9-20(18)31(22)23(33)30(3)12-6-7-13-35-17(2)32/h4-5,8-11H,6-7,12-15H2,1-3H3/t37-/m0/s1. The predicted octanol–water partition coefficient (Wildman–Crippen LogP) is 4.23. The van der Waals surface area contributed by atoms with Crippen molar-refractivity contribution in [2.45, 2.75) is 43.8 Å². The summed E-state index contributed by atoms with van der Waals surface area (Å²) in [5.41, 5.74) is 1.52. The fourth-order valence-electron chi connectivity index (χ4n) is 3.48. The predicted molar refractivity (Wildman–Crippen MR) is 130 cm³/mol. The normalized spacial score (nSPS) is 12.4. The first-order valence-electron chi connectivity index (χ1n) is 11.4. The molecule has 0 aliphatic rings. The van der Waals surface area contributed by atoms with Gasteiger partial charge in [-0.15, -0.1) is 0 Å². The highest BCUT2D eigenvalue weighted by atomic mass is 32.2. The molecule has 0 unspecified atom stereocenters. The Morgan fingerprint density at radius 3 is 2.59 bits per heavy atom. The first-order valence-corrected chi connectivity index (χ1v) is 12.7. The van der Waals surface area contributed by atoms with Crippen LogP contribution >= 0.6 is 0 Å². The number of aromatic nitrogens is 3. The van der Waals surface area contributed by atoms with Gasteiger partial charge in [0.2, 0.25) is 5.16 Å². The Labute approximate surface area is 214 Å². The number of imidazole rings is 1. The van der Waals surface area contributed by atoms with Crippen LogP contribution in [0.25, 0.3) is 11.0 Å². The van der Waals surface area contributed by atoms with Gasteiger partial charge in [-0.25, -0.2) is 14.3 Å². The molecule has 0 bridgehead atoms. The summed E-state index contributed by atoms with van der Waals surface area (Å²) in [5, 5.41) is 0.000718. The number of pyridine rings is 1. The number of alkyl halides is 3. The van der Waals surface area contributed by atoms with Crippen LogP contribution < -0.4 is 4.74 Å². The van der Waals surface area contributed by atoms with Gasteiger partial charge in [0.1, 0.15) is 5.75 Å². The molecule has 2 heterocycles. The maximum Gasteiger partial charge on any atom is 0.422 e. The molecule has 0 aliphatic carbocycles. The summed E-state index contributed by atoms with van der Waals surface area (Å²) in [6.45, 7) is 2.00. The molecule has 0 saturated carbocycles. The van der Waals surface area contributed by atoms with E-state index >= 15 is 0 Å². The number of benzene rings is 1. The van der Waals surface area contributed by atoms with Gasteiger partial charge in [-0.1, -0.05) is 12.1 Å². The largest absolute Gasteiger partial charge is 0.484 e. The second-order valence-electron chi connectivity index (χ2n) is 8.24. The van der Waals surface area contributed by atoms with Crippen LogP contribution in [0.5, 0.6) is 5.75 Å². The van der Waals surface area contributed by atoms with Crippen LogP contribution in [0, 0.1) is 6.92 Å². The number of carbonyl (C=O) groups excluding carboxylic acids is 2. The number of nitrogens with zero attached hydrogens (tertiary/aromatic N) is 4. The monoisotopic (exact) mass is 540 g/mol. The van der Waals surface area contributed by atoms with Crippen molar-refractivity contribution < 1.29 is 36.4 Å². The number of unbranched alkanes of at least 4 members (excludes halogenated alkanes) is 1.